The van der Waals surface area contributed by atoms with Crippen LogP contribution in [0.1, 0.15) is 11.3 Å². The SMILES string of the molecule is CNc1nc(NCc2ccc(C)nc2)c2[nH]cnc2n1. The predicted octanol–water partition coefficient (Wildman–Crippen LogP) is 1.71. The van der Waals surface area contributed by atoms with E-state index in [1.54, 1.807) is 13.4 Å². The summed E-state index contributed by atoms with van der Waals surface area (Å²) in [4.78, 5) is 20.1. The molecule has 0 aliphatic carbocycles. The molecule has 3 heterocycles. The number of nitrogens with one attached hydrogen (secondary N) is 3. The zero-order valence-electron chi connectivity index (χ0n) is 11.3. The van der Waals surface area contributed by atoms with Gasteiger partial charge in [-0.3, -0.25) is 4.98 Å². The Hall–Kier alpha value is -2.70. The van der Waals surface area contributed by atoms with Gasteiger partial charge >= 0.3 is 0 Å². The summed E-state index contributed by atoms with van der Waals surface area (Å²) < 4.78 is 0. The second-order valence-corrected chi connectivity index (χ2v) is 4.41. The van der Waals surface area contributed by atoms with Gasteiger partial charge in [0.15, 0.2) is 11.5 Å². The summed E-state index contributed by atoms with van der Waals surface area (Å²) >= 11 is 0. The van der Waals surface area contributed by atoms with E-state index in [2.05, 4.69) is 35.6 Å². The van der Waals surface area contributed by atoms with Gasteiger partial charge in [0.1, 0.15) is 5.52 Å². The van der Waals surface area contributed by atoms with E-state index in [-0.39, 0.29) is 0 Å². The van der Waals surface area contributed by atoms with E-state index in [1.807, 2.05) is 25.3 Å². The molecule has 0 unspecified atom stereocenters. The van der Waals surface area contributed by atoms with Gasteiger partial charge in [-0.1, -0.05) is 6.07 Å². The van der Waals surface area contributed by atoms with Crippen molar-refractivity contribution in [3.8, 4) is 0 Å². The Morgan fingerprint density at radius 2 is 2.10 bits per heavy atom. The van der Waals surface area contributed by atoms with Gasteiger partial charge in [-0.25, -0.2) is 4.98 Å². The highest BCUT2D eigenvalue weighted by atomic mass is 15.2. The summed E-state index contributed by atoms with van der Waals surface area (Å²) in [5, 5.41) is 6.21. The standard InChI is InChI=1S/C13H15N7/c1-8-3-4-9(5-15-8)6-16-11-10-12(18-7-17-10)20-13(14-2)19-11/h3-5,7H,6H2,1-2H3,(H3,14,16,17,18,19,20). The normalized spacial score (nSPS) is 10.7. The molecule has 0 bridgehead atoms. The lowest BCUT2D eigenvalue weighted by Crippen LogP contribution is -2.06. The molecular weight excluding hydrogens is 254 g/mol. The first-order valence-corrected chi connectivity index (χ1v) is 6.30. The molecule has 7 nitrogen and oxygen atoms in total. The van der Waals surface area contributed by atoms with Crippen LogP contribution in [0.5, 0.6) is 0 Å². The van der Waals surface area contributed by atoms with Crippen LogP contribution in [-0.4, -0.2) is 32.0 Å². The fourth-order valence-electron chi connectivity index (χ4n) is 1.86. The smallest absolute Gasteiger partial charge is 0.226 e. The maximum atomic E-state index is 4.40. The van der Waals surface area contributed by atoms with Crippen LogP contribution >= 0.6 is 0 Å². The molecule has 0 fully saturated rings. The summed E-state index contributed by atoms with van der Waals surface area (Å²) in [7, 11) is 1.78. The molecule has 0 saturated carbocycles. The fraction of sp³-hybridized carbons (Fsp3) is 0.231. The monoisotopic (exact) mass is 269 g/mol. The highest BCUT2D eigenvalue weighted by Gasteiger charge is 2.08. The van der Waals surface area contributed by atoms with Crippen LogP contribution in [0, 0.1) is 6.92 Å². The molecule has 0 aliphatic heterocycles. The fourth-order valence-corrected chi connectivity index (χ4v) is 1.86. The summed E-state index contributed by atoms with van der Waals surface area (Å²) in [5.74, 6) is 1.26. The minimum Gasteiger partial charge on any atom is -0.364 e. The van der Waals surface area contributed by atoms with Crippen molar-refractivity contribution >= 4 is 22.9 Å². The second kappa shape index (κ2) is 5.12. The van der Waals surface area contributed by atoms with Crippen LogP contribution in [0.15, 0.2) is 24.7 Å². The number of aryl methyl sites for hydroxylation is 1. The Morgan fingerprint density at radius 1 is 1.20 bits per heavy atom. The zero-order chi connectivity index (χ0) is 13.9. The van der Waals surface area contributed by atoms with Crippen LogP contribution in [0.3, 0.4) is 0 Å². The van der Waals surface area contributed by atoms with Crippen molar-refractivity contribution in [2.45, 2.75) is 13.5 Å². The number of aromatic nitrogens is 5. The number of hydrogen-bond donors (Lipinski definition) is 3. The summed E-state index contributed by atoms with van der Waals surface area (Å²) in [6, 6.07) is 4.03. The molecule has 20 heavy (non-hydrogen) atoms. The van der Waals surface area contributed by atoms with Gasteiger partial charge in [-0.15, -0.1) is 0 Å². The number of imidazole rings is 1. The Kier molecular flexibility index (Phi) is 3.16. The third kappa shape index (κ3) is 2.37. The molecule has 3 aromatic heterocycles. The summed E-state index contributed by atoms with van der Waals surface area (Å²) in [6.07, 6.45) is 3.46. The van der Waals surface area contributed by atoms with Crippen LogP contribution in [-0.2, 0) is 6.54 Å². The van der Waals surface area contributed by atoms with E-state index in [0.29, 0.717) is 18.1 Å². The molecule has 0 radical (unpaired) electrons. The quantitative estimate of drug-likeness (QED) is 0.668. The molecule has 0 spiro atoms. The van der Waals surface area contributed by atoms with E-state index in [1.165, 1.54) is 0 Å². The molecule has 0 aliphatic rings. The van der Waals surface area contributed by atoms with Crippen LogP contribution in [0.25, 0.3) is 11.2 Å². The Morgan fingerprint density at radius 3 is 2.85 bits per heavy atom. The lowest BCUT2D eigenvalue weighted by Gasteiger charge is -2.08. The number of hydrogen-bond acceptors (Lipinski definition) is 6. The third-order valence-corrected chi connectivity index (χ3v) is 2.94. The Balaban J connectivity index is 1.86. The van der Waals surface area contributed by atoms with E-state index in [0.717, 1.165) is 22.6 Å². The van der Waals surface area contributed by atoms with E-state index >= 15 is 0 Å². The number of anilines is 2. The molecule has 3 aromatic rings. The largest absolute Gasteiger partial charge is 0.364 e. The average Bonchev–Trinajstić information content (AvgIpc) is 2.94. The highest BCUT2D eigenvalue weighted by molar-refractivity contribution is 5.83. The number of pyridine rings is 1. The third-order valence-electron chi connectivity index (χ3n) is 2.94. The van der Waals surface area contributed by atoms with Crippen LogP contribution in [0.4, 0.5) is 11.8 Å². The number of aromatic amines is 1. The molecule has 3 rings (SSSR count). The van der Waals surface area contributed by atoms with E-state index in [4.69, 9.17) is 0 Å². The number of rotatable bonds is 4. The lowest BCUT2D eigenvalue weighted by molar-refractivity contribution is 1.06. The first kappa shape index (κ1) is 12.3. The second-order valence-electron chi connectivity index (χ2n) is 4.41. The molecule has 0 aromatic carbocycles. The first-order valence-electron chi connectivity index (χ1n) is 6.30. The molecule has 3 N–H and O–H groups in total. The summed E-state index contributed by atoms with van der Waals surface area (Å²) in [5.41, 5.74) is 3.52. The minimum atomic E-state index is 0.536. The Bertz CT molecular complexity index is 717. The van der Waals surface area contributed by atoms with Crippen molar-refractivity contribution in [1.29, 1.82) is 0 Å². The average molecular weight is 269 g/mol. The first-order chi connectivity index (χ1) is 9.76. The summed E-state index contributed by atoms with van der Waals surface area (Å²) in [6.45, 7) is 2.61. The molecule has 0 amide bonds. The van der Waals surface area contributed by atoms with Crippen molar-refractivity contribution in [2.24, 2.45) is 0 Å². The van der Waals surface area contributed by atoms with E-state index < -0.39 is 0 Å². The number of fused-ring (bicyclic) bond motifs is 1. The van der Waals surface area contributed by atoms with Gasteiger partial charge in [-0.2, -0.15) is 9.97 Å². The highest BCUT2D eigenvalue weighted by Crippen LogP contribution is 2.18. The molecule has 7 heteroatoms. The molecule has 0 atom stereocenters. The lowest BCUT2D eigenvalue weighted by atomic mass is 10.2. The van der Waals surface area contributed by atoms with Gasteiger partial charge in [0.2, 0.25) is 5.95 Å². The number of nitrogens with zero attached hydrogens (tertiary/aromatic N) is 4. The predicted molar refractivity (Wildman–Crippen MR) is 77.5 cm³/mol. The van der Waals surface area contributed by atoms with Gasteiger partial charge in [-0.05, 0) is 18.6 Å². The minimum absolute atomic E-state index is 0.536. The van der Waals surface area contributed by atoms with Crippen LogP contribution < -0.4 is 10.6 Å². The zero-order valence-corrected chi connectivity index (χ0v) is 11.3. The van der Waals surface area contributed by atoms with Crippen molar-refractivity contribution < 1.29 is 0 Å². The molecule has 102 valence electrons. The number of H-pyrrole nitrogens is 1. The Labute approximate surface area is 115 Å². The maximum absolute atomic E-state index is 4.40. The van der Waals surface area contributed by atoms with Gasteiger partial charge < -0.3 is 15.6 Å². The van der Waals surface area contributed by atoms with Gasteiger partial charge in [0.05, 0.1) is 6.33 Å². The van der Waals surface area contributed by atoms with Gasteiger partial charge in [0, 0.05) is 25.5 Å². The van der Waals surface area contributed by atoms with E-state index in [9.17, 15) is 0 Å². The van der Waals surface area contributed by atoms with Crippen LogP contribution in [0.2, 0.25) is 0 Å². The molecular formula is C13H15N7. The topological polar surface area (TPSA) is 91.4 Å². The van der Waals surface area contributed by atoms with Crippen molar-refractivity contribution in [2.75, 3.05) is 17.7 Å². The van der Waals surface area contributed by atoms with Gasteiger partial charge in [0.25, 0.3) is 0 Å². The van der Waals surface area contributed by atoms with Crippen molar-refractivity contribution in [3.63, 3.8) is 0 Å². The molecule has 0 saturated heterocycles. The maximum Gasteiger partial charge on any atom is 0.226 e. The van der Waals surface area contributed by atoms with Crippen molar-refractivity contribution in [1.82, 2.24) is 24.9 Å². The van der Waals surface area contributed by atoms with Crippen molar-refractivity contribution in [3.05, 3.63) is 35.9 Å².